The Morgan fingerprint density at radius 2 is 1.97 bits per heavy atom. The van der Waals surface area contributed by atoms with Crippen LogP contribution in [0.3, 0.4) is 0 Å². The monoisotopic (exact) mass is 437 g/mol. The second-order valence-electron chi connectivity index (χ2n) is 9.00. The van der Waals surface area contributed by atoms with Crippen LogP contribution in [0.4, 0.5) is 15.4 Å². The first-order valence-corrected chi connectivity index (χ1v) is 10.8. The van der Waals surface area contributed by atoms with Crippen LogP contribution in [-0.2, 0) is 9.53 Å². The van der Waals surface area contributed by atoms with Crippen LogP contribution < -0.4 is 10.2 Å². The molecule has 1 N–H and O–H groups in total. The van der Waals surface area contributed by atoms with Gasteiger partial charge in [0.05, 0.1) is 11.8 Å². The Labute approximate surface area is 186 Å². The summed E-state index contributed by atoms with van der Waals surface area (Å²) in [5.74, 6) is 7.06. The number of piperidine rings is 1. The Hall–Kier alpha value is -3.54. The predicted molar refractivity (Wildman–Crippen MR) is 118 cm³/mol. The molecule has 0 aromatic carbocycles. The number of imide groups is 1. The molecule has 0 atom stereocenters. The predicted octanol–water partition coefficient (Wildman–Crippen LogP) is 2.78. The fraction of sp³-hybridized carbons (Fsp3) is 0.478. The standard InChI is InChI=1S/C23H27N5O4/c1-23(2,3)32-22(31)26-12-8-16(9-13-26)6-7-17-5-4-11-27-19(15-24-20(17)27)28-14-10-18(29)25-21(28)30/h4-5,11,15-16H,8-10,12-14H2,1-3H3,(H,25,29,30). The van der Waals surface area contributed by atoms with Gasteiger partial charge in [-0.1, -0.05) is 11.8 Å². The number of hydrogen-bond acceptors (Lipinski definition) is 5. The highest BCUT2D eigenvalue weighted by Gasteiger charge is 2.27. The minimum atomic E-state index is -0.500. The molecule has 2 aliphatic heterocycles. The first kappa shape index (κ1) is 21.7. The Kier molecular flexibility index (Phi) is 5.78. The molecular formula is C23H27N5O4. The maximum absolute atomic E-state index is 12.2. The normalized spacial score (nSPS) is 17.7. The van der Waals surface area contributed by atoms with Crippen molar-refractivity contribution in [2.75, 3.05) is 24.5 Å². The van der Waals surface area contributed by atoms with Crippen LogP contribution in [-0.4, -0.2) is 57.6 Å². The minimum Gasteiger partial charge on any atom is -0.444 e. The molecule has 0 spiro atoms. The van der Waals surface area contributed by atoms with Gasteiger partial charge in [0, 0.05) is 38.2 Å². The van der Waals surface area contributed by atoms with Crippen LogP contribution in [0.1, 0.15) is 45.6 Å². The number of nitrogens with one attached hydrogen (secondary N) is 1. The maximum atomic E-state index is 12.2. The molecule has 0 saturated carbocycles. The zero-order valence-electron chi connectivity index (χ0n) is 18.6. The summed E-state index contributed by atoms with van der Waals surface area (Å²) in [5, 5.41) is 2.33. The van der Waals surface area contributed by atoms with Gasteiger partial charge in [0.15, 0.2) is 5.65 Å². The average Bonchev–Trinajstić information content (AvgIpc) is 3.16. The van der Waals surface area contributed by atoms with Crippen molar-refractivity contribution in [1.29, 1.82) is 0 Å². The number of fused-ring (bicyclic) bond motifs is 1. The Balaban J connectivity index is 1.45. The van der Waals surface area contributed by atoms with Crippen molar-refractivity contribution >= 4 is 29.5 Å². The number of anilines is 1. The lowest BCUT2D eigenvalue weighted by molar-refractivity contribution is -0.120. The molecule has 2 fully saturated rings. The first-order chi connectivity index (χ1) is 15.2. The number of amides is 4. The number of hydrogen-bond donors (Lipinski definition) is 1. The summed E-state index contributed by atoms with van der Waals surface area (Å²) in [5.41, 5.74) is 0.924. The third-order valence-electron chi connectivity index (χ3n) is 5.40. The molecule has 2 saturated heterocycles. The number of rotatable bonds is 1. The number of imidazole rings is 1. The molecule has 32 heavy (non-hydrogen) atoms. The van der Waals surface area contributed by atoms with Gasteiger partial charge in [-0.25, -0.2) is 14.6 Å². The largest absolute Gasteiger partial charge is 0.444 e. The van der Waals surface area contributed by atoms with Gasteiger partial charge < -0.3 is 9.64 Å². The fourth-order valence-electron chi connectivity index (χ4n) is 3.79. The molecule has 4 rings (SSSR count). The molecule has 0 bridgehead atoms. The van der Waals surface area contributed by atoms with Gasteiger partial charge in [0.1, 0.15) is 11.4 Å². The van der Waals surface area contributed by atoms with Gasteiger partial charge in [-0.2, -0.15) is 0 Å². The lowest BCUT2D eigenvalue weighted by Gasteiger charge is -2.31. The molecule has 4 amide bonds. The molecule has 9 heteroatoms. The van der Waals surface area contributed by atoms with Crippen molar-refractivity contribution in [2.24, 2.45) is 5.92 Å². The van der Waals surface area contributed by atoms with Gasteiger partial charge in [-0.15, -0.1) is 0 Å². The zero-order chi connectivity index (χ0) is 22.9. The average molecular weight is 438 g/mol. The van der Waals surface area contributed by atoms with Crippen molar-refractivity contribution in [3.05, 3.63) is 30.1 Å². The van der Waals surface area contributed by atoms with E-state index in [0.29, 0.717) is 31.1 Å². The molecule has 0 unspecified atom stereocenters. The highest BCUT2D eigenvalue weighted by atomic mass is 16.6. The number of aromatic nitrogens is 2. The molecule has 9 nitrogen and oxygen atoms in total. The number of likely N-dealkylation sites (tertiary alicyclic amines) is 1. The molecule has 0 aliphatic carbocycles. The van der Waals surface area contributed by atoms with Crippen molar-refractivity contribution in [2.45, 2.75) is 45.6 Å². The molecular weight excluding hydrogens is 410 g/mol. The highest BCUT2D eigenvalue weighted by Crippen LogP contribution is 2.22. The second-order valence-corrected chi connectivity index (χ2v) is 9.00. The van der Waals surface area contributed by atoms with Crippen LogP contribution in [0.15, 0.2) is 24.5 Å². The van der Waals surface area contributed by atoms with E-state index in [2.05, 4.69) is 22.1 Å². The number of carbonyl (C=O) groups is 3. The van der Waals surface area contributed by atoms with Crippen LogP contribution in [0, 0.1) is 17.8 Å². The number of urea groups is 1. The third-order valence-corrected chi connectivity index (χ3v) is 5.40. The van der Waals surface area contributed by atoms with E-state index >= 15 is 0 Å². The first-order valence-electron chi connectivity index (χ1n) is 10.8. The van der Waals surface area contributed by atoms with E-state index < -0.39 is 11.6 Å². The maximum Gasteiger partial charge on any atom is 0.410 e. The van der Waals surface area contributed by atoms with Crippen molar-refractivity contribution in [3.63, 3.8) is 0 Å². The summed E-state index contributed by atoms with van der Waals surface area (Å²) in [6.07, 6.45) is 5.00. The lowest BCUT2D eigenvalue weighted by Crippen LogP contribution is -2.50. The Morgan fingerprint density at radius 1 is 1.22 bits per heavy atom. The van der Waals surface area contributed by atoms with Gasteiger partial charge in [0.2, 0.25) is 5.91 Å². The lowest BCUT2D eigenvalue weighted by atomic mass is 9.97. The summed E-state index contributed by atoms with van der Waals surface area (Å²) in [6.45, 7) is 7.14. The quantitative estimate of drug-likeness (QED) is 0.692. The molecule has 2 aromatic heterocycles. The summed E-state index contributed by atoms with van der Waals surface area (Å²) in [4.78, 5) is 43.6. The second kappa shape index (κ2) is 8.54. The van der Waals surface area contributed by atoms with Crippen LogP contribution >= 0.6 is 0 Å². The van der Waals surface area contributed by atoms with Gasteiger partial charge in [-0.3, -0.25) is 19.4 Å². The van der Waals surface area contributed by atoms with Crippen molar-refractivity contribution in [1.82, 2.24) is 19.6 Å². The summed E-state index contributed by atoms with van der Waals surface area (Å²) < 4.78 is 7.25. The highest BCUT2D eigenvalue weighted by molar-refractivity contribution is 6.05. The van der Waals surface area contributed by atoms with Crippen molar-refractivity contribution < 1.29 is 19.1 Å². The smallest absolute Gasteiger partial charge is 0.410 e. The van der Waals surface area contributed by atoms with E-state index in [-0.39, 0.29) is 24.3 Å². The molecule has 0 radical (unpaired) electrons. The van der Waals surface area contributed by atoms with E-state index in [1.54, 1.807) is 11.1 Å². The topological polar surface area (TPSA) is 96.3 Å². The van der Waals surface area contributed by atoms with E-state index in [4.69, 9.17) is 4.74 Å². The Morgan fingerprint density at radius 3 is 2.66 bits per heavy atom. The van der Waals surface area contributed by atoms with E-state index in [1.165, 1.54) is 4.90 Å². The molecule has 168 valence electrons. The zero-order valence-corrected chi connectivity index (χ0v) is 18.6. The fourth-order valence-corrected chi connectivity index (χ4v) is 3.79. The third kappa shape index (κ3) is 4.69. The molecule has 4 heterocycles. The van der Waals surface area contributed by atoms with E-state index in [1.807, 2.05) is 43.5 Å². The number of nitrogens with zero attached hydrogens (tertiary/aromatic N) is 4. The van der Waals surface area contributed by atoms with E-state index in [0.717, 1.165) is 18.4 Å². The van der Waals surface area contributed by atoms with Crippen LogP contribution in [0.2, 0.25) is 0 Å². The molecule has 2 aliphatic rings. The van der Waals surface area contributed by atoms with Crippen LogP contribution in [0.25, 0.3) is 5.65 Å². The van der Waals surface area contributed by atoms with Gasteiger partial charge in [-0.05, 0) is 45.7 Å². The van der Waals surface area contributed by atoms with Gasteiger partial charge in [0.25, 0.3) is 0 Å². The summed E-state index contributed by atoms with van der Waals surface area (Å²) >= 11 is 0. The molecule has 2 aromatic rings. The van der Waals surface area contributed by atoms with Gasteiger partial charge >= 0.3 is 12.1 Å². The number of pyridine rings is 1. The number of carbonyl (C=O) groups excluding carboxylic acids is 3. The number of ether oxygens (including phenoxy) is 1. The van der Waals surface area contributed by atoms with Crippen LogP contribution in [0.5, 0.6) is 0 Å². The summed E-state index contributed by atoms with van der Waals surface area (Å²) in [7, 11) is 0. The minimum absolute atomic E-state index is 0.183. The van der Waals surface area contributed by atoms with E-state index in [9.17, 15) is 14.4 Å². The summed E-state index contributed by atoms with van der Waals surface area (Å²) in [6, 6.07) is 3.31. The Bertz CT molecular complexity index is 1110. The van der Waals surface area contributed by atoms with Crippen molar-refractivity contribution in [3.8, 4) is 11.8 Å². The SMILES string of the molecule is CC(C)(C)OC(=O)N1CCC(C#Cc2cccn3c(N4CCC(=O)NC4=O)cnc23)CC1.